The summed E-state index contributed by atoms with van der Waals surface area (Å²) in [4.78, 5) is 0. The van der Waals surface area contributed by atoms with Crippen molar-refractivity contribution in [3.8, 4) is 22.5 Å². The molecule has 0 N–H and O–H groups in total. The van der Waals surface area contributed by atoms with Gasteiger partial charge in [-0.1, -0.05) is 135 Å². The van der Waals surface area contributed by atoms with E-state index in [0.29, 0.717) is 0 Å². The van der Waals surface area contributed by atoms with Crippen molar-refractivity contribution >= 4 is 56.9 Å². The van der Waals surface area contributed by atoms with Crippen LogP contribution in [-0.2, 0) is 0 Å². The molecule has 202 valence electrons. The molecule has 0 aliphatic carbocycles. The Morgan fingerprint density at radius 1 is 0.429 bits per heavy atom. The zero-order valence-electron chi connectivity index (χ0n) is 24.2. The molecule has 0 unspecified atom stereocenters. The number of fused-ring (bicyclic) bond motifs is 6. The summed E-state index contributed by atoms with van der Waals surface area (Å²) in [6, 6.07) is 51.2. The molecule has 8 aromatic rings. The molecule has 0 atom stereocenters. The molecule has 0 fully saturated rings. The van der Waals surface area contributed by atoms with Crippen molar-refractivity contribution in [2.24, 2.45) is 0 Å². The molecule has 0 saturated carbocycles. The van der Waals surface area contributed by atoms with Crippen LogP contribution in [0, 0.1) is 0 Å². The van der Waals surface area contributed by atoms with Gasteiger partial charge < -0.3 is 9.13 Å². The van der Waals surface area contributed by atoms with Crippen LogP contribution in [0.15, 0.2) is 140 Å². The maximum absolute atomic E-state index is 2.58. The van der Waals surface area contributed by atoms with Crippen LogP contribution in [0.3, 0.4) is 0 Å². The van der Waals surface area contributed by atoms with Crippen molar-refractivity contribution in [1.82, 2.24) is 9.13 Å². The molecule has 0 spiro atoms. The van der Waals surface area contributed by atoms with Gasteiger partial charge in [-0.2, -0.15) is 0 Å². The van der Waals surface area contributed by atoms with Crippen LogP contribution < -0.4 is 5.19 Å². The van der Waals surface area contributed by atoms with E-state index in [9.17, 15) is 0 Å². The van der Waals surface area contributed by atoms with Gasteiger partial charge in [0, 0.05) is 27.1 Å². The van der Waals surface area contributed by atoms with Crippen LogP contribution in [0.5, 0.6) is 0 Å². The minimum absolute atomic E-state index is 1.20. The minimum Gasteiger partial charge on any atom is -0.307 e. The van der Waals surface area contributed by atoms with E-state index in [4.69, 9.17) is 0 Å². The summed E-state index contributed by atoms with van der Waals surface area (Å²) in [5.74, 6) is 0. The second-order valence-corrected chi connectivity index (χ2v) is 17.3. The number of nitrogens with zero attached hydrogens (tertiary/aromatic N) is 2. The average Bonchev–Trinajstić information content (AvgIpc) is 3.54. The van der Waals surface area contributed by atoms with Crippen LogP contribution in [0.2, 0.25) is 19.6 Å². The van der Waals surface area contributed by atoms with Crippen LogP contribution in [-0.4, -0.2) is 17.2 Å². The van der Waals surface area contributed by atoms with Crippen molar-refractivity contribution in [1.29, 1.82) is 0 Å². The molecule has 2 aromatic heterocycles. The number of hydrogen-bond acceptors (Lipinski definition) is 0. The molecule has 0 aliphatic heterocycles. The standard InChI is InChI=1S/C39H32N2Si/c1-42(2,3)37-26-14-20-28(27-15-5-4-6-16-27)39(37)41-35-24-12-9-19-31(35)32-21-13-25-36(38(32)41)40-33-22-10-7-17-29(33)30-18-8-11-23-34(30)40/h4-26H,1-3H3. The summed E-state index contributed by atoms with van der Waals surface area (Å²) in [6.45, 7) is 7.38. The van der Waals surface area contributed by atoms with Gasteiger partial charge in [-0.25, -0.2) is 0 Å². The first-order chi connectivity index (χ1) is 20.5. The van der Waals surface area contributed by atoms with E-state index in [1.807, 2.05) is 0 Å². The van der Waals surface area contributed by atoms with Crippen LogP contribution >= 0.6 is 0 Å². The van der Waals surface area contributed by atoms with Gasteiger partial charge >= 0.3 is 0 Å². The van der Waals surface area contributed by atoms with E-state index in [1.54, 1.807) is 0 Å². The van der Waals surface area contributed by atoms with E-state index < -0.39 is 8.07 Å². The lowest BCUT2D eigenvalue weighted by atomic mass is 10.0. The molecular formula is C39H32N2Si. The molecule has 42 heavy (non-hydrogen) atoms. The first kappa shape index (κ1) is 24.9. The van der Waals surface area contributed by atoms with Crippen molar-refractivity contribution in [3.63, 3.8) is 0 Å². The van der Waals surface area contributed by atoms with Gasteiger partial charge in [0.25, 0.3) is 0 Å². The second-order valence-electron chi connectivity index (χ2n) is 12.2. The highest BCUT2D eigenvalue weighted by molar-refractivity contribution is 6.89. The topological polar surface area (TPSA) is 9.86 Å². The maximum Gasteiger partial charge on any atom is 0.0803 e. The predicted octanol–water partition coefficient (Wildman–Crippen LogP) is 10.1. The Balaban J connectivity index is 1.61. The third-order valence-electron chi connectivity index (χ3n) is 8.65. The molecule has 0 saturated heterocycles. The fraction of sp³-hybridized carbons (Fsp3) is 0.0769. The smallest absolute Gasteiger partial charge is 0.0803 e. The lowest BCUT2D eigenvalue weighted by Crippen LogP contribution is -2.40. The Morgan fingerprint density at radius 3 is 1.55 bits per heavy atom. The number of para-hydroxylation sites is 5. The highest BCUT2D eigenvalue weighted by Crippen LogP contribution is 2.41. The second kappa shape index (κ2) is 9.33. The first-order valence-electron chi connectivity index (χ1n) is 14.7. The van der Waals surface area contributed by atoms with E-state index in [0.717, 1.165) is 0 Å². The Hall–Kier alpha value is -4.86. The van der Waals surface area contributed by atoms with Gasteiger partial charge in [0.05, 0.1) is 41.5 Å². The Labute approximate surface area is 247 Å². The van der Waals surface area contributed by atoms with Crippen molar-refractivity contribution < 1.29 is 0 Å². The van der Waals surface area contributed by atoms with Gasteiger partial charge in [-0.3, -0.25) is 0 Å². The summed E-state index contributed by atoms with van der Waals surface area (Å²) < 4.78 is 5.06. The highest BCUT2D eigenvalue weighted by atomic mass is 28.3. The number of aromatic nitrogens is 2. The zero-order chi connectivity index (χ0) is 28.4. The van der Waals surface area contributed by atoms with Crippen LogP contribution in [0.4, 0.5) is 0 Å². The monoisotopic (exact) mass is 556 g/mol. The summed E-state index contributed by atoms with van der Waals surface area (Å²) >= 11 is 0. The van der Waals surface area contributed by atoms with Crippen molar-refractivity contribution in [2.75, 3.05) is 0 Å². The summed E-state index contributed by atoms with van der Waals surface area (Å²) in [6.07, 6.45) is 0. The van der Waals surface area contributed by atoms with Gasteiger partial charge in [-0.15, -0.1) is 0 Å². The third-order valence-corrected chi connectivity index (χ3v) is 10.7. The molecule has 3 heteroatoms. The average molecular weight is 557 g/mol. The quantitative estimate of drug-likeness (QED) is 0.191. The molecule has 2 heterocycles. The first-order valence-corrected chi connectivity index (χ1v) is 18.2. The van der Waals surface area contributed by atoms with Crippen molar-refractivity contribution in [3.05, 3.63) is 140 Å². The van der Waals surface area contributed by atoms with E-state index in [-0.39, 0.29) is 0 Å². The molecule has 0 aliphatic rings. The molecule has 6 aromatic carbocycles. The fourth-order valence-corrected chi connectivity index (χ4v) is 8.39. The molecule has 8 rings (SSSR count). The normalized spacial score (nSPS) is 12.2. The Kier molecular flexibility index (Phi) is 5.53. The molecule has 0 bridgehead atoms. The summed E-state index contributed by atoms with van der Waals surface area (Å²) in [5.41, 5.74) is 9.96. The molecular weight excluding hydrogens is 525 g/mol. The largest absolute Gasteiger partial charge is 0.307 e. The van der Waals surface area contributed by atoms with Crippen LogP contribution in [0.1, 0.15) is 0 Å². The zero-order valence-corrected chi connectivity index (χ0v) is 25.2. The SMILES string of the molecule is C[Si](C)(C)c1cccc(-c2ccccc2)c1-n1c2ccccc2c2cccc(-n3c4ccccc4c4ccccc43)c21. The third kappa shape index (κ3) is 3.63. The molecule has 0 amide bonds. The Bertz CT molecular complexity index is 2230. The Morgan fingerprint density at radius 2 is 0.929 bits per heavy atom. The number of rotatable bonds is 4. The minimum atomic E-state index is -1.77. The lowest BCUT2D eigenvalue weighted by Gasteiger charge is -2.26. The van der Waals surface area contributed by atoms with Gasteiger partial charge in [-0.05, 0) is 35.0 Å². The summed E-state index contributed by atoms with van der Waals surface area (Å²) in [7, 11) is -1.77. The van der Waals surface area contributed by atoms with Gasteiger partial charge in [0.1, 0.15) is 0 Å². The van der Waals surface area contributed by atoms with E-state index >= 15 is 0 Å². The van der Waals surface area contributed by atoms with Crippen molar-refractivity contribution in [2.45, 2.75) is 19.6 Å². The number of hydrogen-bond donors (Lipinski definition) is 0. The summed E-state index contributed by atoms with van der Waals surface area (Å²) in [5, 5.41) is 6.57. The molecule has 2 nitrogen and oxygen atoms in total. The van der Waals surface area contributed by atoms with Gasteiger partial charge in [0.15, 0.2) is 0 Å². The number of benzene rings is 6. The predicted molar refractivity (Wildman–Crippen MR) is 184 cm³/mol. The lowest BCUT2D eigenvalue weighted by molar-refractivity contribution is 1.14. The maximum atomic E-state index is 2.58. The van der Waals surface area contributed by atoms with Gasteiger partial charge in [0.2, 0.25) is 0 Å². The highest BCUT2D eigenvalue weighted by Gasteiger charge is 2.27. The molecule has 0 radical (unpaired) electrons. The van der Waals surface area contributed by atoms with E-state index in [1.165, 1.54) is 71.3 Å². The fourth-order valence-electron chi connectivity index (χ4n) is 6.84. The van der Waals surface area contributed by atoms with Crippen LogP contribution in [0.25, 0.3) is 66.1 Å². The van der Waals surface area contributed by atoms with E-state index in [2.05, 4.69) is 168 Å².